The molecule has 6 nitrogen and oxygen atoms in total. The number of amides is 2. The lowest BCUT2D eigenvalue weighted by atomic mass is 9.77. The monoisotopic (exact) mass is 334 g/mol. The fourth-order valence-electron chi connectivity index (χ4n) is 4.05. The summed E-state index contributed by atoms with van der Waals surface area (Å²) in [6.07, 6.45) is 4.57. The molecule has 2 fully saturated rings. The average Bonchev–Trinajstić information content (AvgIpc) is 2.94. The highest BCUT2D eigenvalue weighted by atomic mass is 16.5. The van der Waals surface area contributed by atoms with Crippen molar-refractivity contribution in [2.75, 3.05) is 32.6 Å². The second-order valence-electron chi connectivity index (χ2n) is 6.80. The molecule has 2 amide bonds. The number of nitrogens with zero attached hydrogens (tertiary/aromatic N) is 1. The van der Waals surface area contributed by atoms with E-state index in [0.717, 1.165) is 38.6 Å². The summed E-state index contributed by atoms with van der Waals surface area (Å²) in [7, 11) is 3.15. The molecule has 0 aromatic heterocycles. The molecule has 24 heavy (non-hydrogen) atoms. The fourth-order valence-corrected chi connectivity index (χ4v) is 4.05. The highest BCUT2D eigenvalue weighted by Gasteiger charge is 2.45. The summed E-state index contributed by atoms with van der Waals surface area (Å²) in [5.41, 5.74) is 0.567. The molecule has 1 saturated carbocycles. The van der Waals surface area contributed by atoms with Crippen molar-refractivity contribution >= 4 is 11.7 Å². The molecule has 2 aliphatic rings. The van der Waals surface area contributed by atoms with E-state index >= 15 is 0 Å². The Kier molecular flexibility index (Phi) is 4.85. The Morgan fingerprint density at radius 3 is 2.67 bits per heavy atom. The van der Waals surface area contributed by atoms with Crippen LogP contribution in [0.1, 0.15) is 32.1 Å². The van der Waals surface area contributed by atoms with E-state index in [1.54, 1.807) is 32.4 Å². The third-order valence-corrected chi connectivity index (χ3v) is 5.39. The fraction of sp³-hybridized carbons (Fsp3) is 0.611. The molecular weight excluding hydrogens is 308 g/mol. The van der Waals surface area contributed by atoms with Crippen LogP contribution in [0, 0.1) is 5.41 Å². The maximum atomic E-state index is 12.6. The summed E-state index contributed by atoms with van der Waals surface area (Å²) in [5, 5.41) is 13.3. The average molecular weight is 334 g/mol. The quantitative estimate of drug-likeness (QED) is 0.892. The largest absolute Gasteiger partial charge is 0.493 e. The topological polar surface area (TPSA) is 71.0 Å². The van der Waals surface area contributed by atoms with Gasteiger partial charge < -0.3 is 24.8 Å². The zero-order chi connectivity index (χ0) is 17.2. The van der Waals surface area contributed by atoms with Crippen molar-refractivity contribution < 1.29 is 19.4 Å². The first kappa shape index (κ1) is 16.9. The highest BCUT2D eigenvalue weighted by molar-refractivity contribution is 5.89. The SMILES string of the molecule is COc1ccc(NC(=O)N2CCC[C@]3(CCC[C@H]3O)C2)cc1OC. The Labute approximate surface area is 142 Å². The van der Waals surface area contributed by atoms with Gasteiger partial charge in [-0.25, -0.2) is 4.79 Å². The molecule has 3 rings (SSSR count). The standard InChI is InChI=1S/C18H26N2O4/c1-23-14-7-6-13(11-15(14)24-2)19-17(22)20-10-4-9-18(12-20)8-3-5-16(18)21/h6-7,11,16,21H,3-5,8-10,12H2,1-2H3,(H,19,22)/t16-,18-/m1/s1. The van der Waals surface area contributed by atoms with Crippen molar-refractivity contribution in [3.05, 3.63) is 18.2 Å². The third-order valence-electron chi connectivity index (χ3n) is 5.39. The molecule has 2 N–H and O–H groups in total. The number of benzene rings is 1. The summed E-state index contributed by atoms with van der Waals surface area (Å²) >= 11 is 0. The van der Waals surface area contributed by atoms with E-state index in [2.05, 4.69) is 5.32 Å². The number of likely N-dealkylation sites (tertiary alicyclic amines) is 1. The van der Waals surface area contributed by atoms with Crippen LogP contribution in [0.15, 0.2) is 18.2 Å². The number of aliphatic hydroxyl groups excluding tert-OH is 1. The zero-order valence-electron chi connectivity index (χ0n) is 14.4. The minimum absolute atomic E-state index is 0.104. The first-order valence-corrected chi connectivity index (χ1v) is 8.54. The van der Waals surface area contributed by atoms with E-state index < -0.39 is 0 Å². The van der Waals surface area contributed by atoms with Crippen LogP contribution in [-0.2, 0) is 0 Å². The second-order valence-corrected chi connectivity index (χ2v) is 6.80. The van der Waals surface area contributed by atoms with E-state index in [1.807, 2.05) is 4.90 Å². The van der Waals surface area contributed by atoms with E-state index in [9.17, 15) is 9.90 Å². The number of aliphatic hydroxyl groups is 1. The molecule has 0 radical (unpaired) electrons. The zero-order valence-corrected chi connectivity index (χ0v) is 14.4. The summed E-state index contributed by atoms with van der Waals surface area (Å²) in [6, 6.07) is 5.19. The number of ether oxygens (including phenoxy) is 2. The molecule has 0 unspecified atom stereocenters. The van der Waals surface area contributed by atoms with Gasteiger partial charge in [-0.3, -0.25) is 0 Å². The third kappa shape index (κ3) is 3.15. The van der Waals surface area contributed by atoms with Gasteiger partial charge in [0.15, 0.2) is 11.5 Å². The van der Waals surface area contributed by atoms with Crippen LogP contribution in [-0.4, -0.2) is 49.5 Å². The smallest absolute Gasteiger partial charge is 0.321 e. The Morgan fingerprint density at radius 1 is 1.25 bits per heavy atom. The number of carbonyl (C=O) groups is 1. The van der Waals surface area contributed by atoms with Crippen LogP contribution >= 0.6 is 0 Å². The highest BCUT2D eigenvalue weighted by Crippen LogP contribution is 2.45. The van der Waals surface area contributed by atoms with Crippen molar-refractivity contribution in [3.63, 3.8) is 0 Å². The minimum atomic E-state index is -0.283. The molecule has 1 aromatic carbocycles. The number of nitrogens with one attached hydrogen (secondary N) is 1. The molecule has 1 aliphatic heterocycles. The normalized spacial score (nSPS) is 26.5. The summed E-state index contributed by atoms with van der Waals surface area (Å²) < 4.78 is 10.5. The number of carbonyl (C=O) groups excluding carboxylic acids is 1. The van der Waals surface area contributed by atoms with Gasteiger partial charge in [0.2, 0.25) is 0 Å². The van der Waals surface area contributed by atoms with Crippen molar-refractivity contribution in [3.8, 4) is 11.5 Å². The van der Waals surface area contributed by atoms with Gasteiger partial charge in [0, 0.05) is 30.3 Å². The van der Waals surface area contributed by atoms with Crippen molar-refractivity contribution in [1.82, 2.24) is 4.90 Å². The van der Waals surface area contributed by atoms with Crippen molar-refractivity contribution in [1.29, 1.82) is 0 Å². The van der Waals surface area contributed by atoms with Crippen LogP contribution < -0.4 is 14.8 Å². The minimum Gasteiger partial charge on any atom is -0.493 e. The van der Waals surface area contributed by atoms with Crippen molar-refractivity contribution in [2.45, 2.75) is 38.2 Å². The molecular formula is C18H26N2O4. The second kappa shape index (κ2) is 6.89. The molecule has 0 bridgehead atoms. The number of hydrogen-bond donors (Lipinski definition) is 2. The van der Waals surface area contributed by atoms with E-state index in [1.165, 1.54) is 0 Å². The van der Waals surface area contributed by atoms with Gasteiger partial charge in [-0.2, -0.15) is 0 Å². The van der Waals surface area contributed by atoms with Gasteiger partial charge in [-0.05, 0) is 37.8 Å². The molecule has 1 spiro atoms. The summed E-state index contributed by atoms with van der Waals surface area (Å²) in [4.78, 5) is 14.5. The lowest BCUT2D eigenvalue weighted by Gasteiger charge is -2.42. The maximum Gasteiger partial charge on any atom is 0.321 e. The predicted octanol–water partition coefficient (Wildman–Crippen LogP) is 2.86. The van der Waals surface area contributed by atoms with Crippen LogP contribution in [0.5, 0.6) is 11.5 Å². The summed E-state index contributed by atoms with van der Waals surface area (Å²) in [6.45, 7) is 1.36. The van der Waals surface area contributed by atoms with Gasteiger partial charge in [0.25, 0.3) is 0 Å². The van der Waals surface area contributed by atoms with E-state index in [4.69, 9.17) is 9.47 Å². The Balaban J connectivity index is 1.68. The number of piperidine rings is 1. The van der Waals surface area contributed by atoms with E-state index in [-0.39, 0.29) is 17.6 Å². The van der Waals surface area contributed by atoms with Crippen LogP contribution in [0.25, 0.3) is 0 Å². The van der Waals surface area contributed by atoms with E-state index in [0.29, 0.717) is 23.7 Å². The first-order chi connectivity index (χ1) is 11.6. The van der Waals surface area contributed by atoms with Gasteiger partial charge >= 0.3 is 6.03 Å². The predicted molar refractivity (Wildman–Crippen MR) is 91.7 cm³/mol. The number of urea groups is 1. The molecule has 1 aromatic rings. The molecule has 2 atom stereocenters. The van der Waals surface area contributed by atoms with Gasteiger partial charge in [0.05, 0.1) is 20.3 Å². The maximum absolute atomic E-state index is 12.6. The number of hydrogen-bond acceptors (Lipinski definition) is 4. The van der Waals surface area contributed by atoms with Crippen LogP contribution in [0.3, 0.4) is 0 Å². The number of anilines is 1. The van der Waals surface area contributed by atoms with Crippen LogP contribution in [0.2, 0.25) is 0 Å². The first-order valence-electron chi connectivity index (χ1n) is 8.54. The van der Waals surface area contributed by atoms with Gasteiger partial charge in [-0.15, -0.1) is 0 Å². The van der Waals surface area contributed by atoms with Crippen LogP contribution in [0.4, 0.5) is 10.5 Å². The Bertz CT molecular complexity index is 607. The molecule has 132 valence electrons. The van der Waals surface area contributed by atoms with Crippen molar-refractivity contribution in [2.24, 2.45) is 5.41 Å². The number of rotatable bonds is 3. The molecule has 6 heteroatoms. The van der Waals surface area contributed by atoms with Gasteiger partial charge in [0.1, 0.15) is 0 Å². The Hall–Kier alpha value is -1.95. The summed E-state index contributed by atoms with van der Waals surface area (Å²) in [5.74, 6) is 1.21. The Morgan fingerprint density at radius 2 is 2.00 bits per heavy atom. The lowest BCUT2D eigenvalue weighted by molar-refractivity contribution is 0.00400. The molecule has 1 heterocycles. The molecule has 1 aliphatic carbocycles. The molecule has 1 saturated heterocycles. The van der Waals surface area contributed by atoms with Gasteiger partial charge in [-0.1, -0.05) is 6.42 Å². The lowest BCUT2D eigenvalue weighted by Crippen LogP contribution is -2.50. The number of methoxy groups -OCH3 is 2.